The van der Waals surface area contributed by atoms with Crippen molar-refractivity contribution in [3.63, 3.8) is 0 Å². The number of unbranched alkanes of at least 4 members (excludes halogenated alkanes) is 2. The van der Waals surface area contributed by atoms with E-state index in [2.05, 4.69) is 0 Å². The summed E-state index contributed by atoms with van der Waals surface area (Å²) in [5.74, 6) is -0.332. The maximum Gasteiger partial charge on any atom is 0.434 e. The van der Waals surface area contributed by atoms with Gasteiger partial charge in [-0.15, -0.1) is 0 Å². The van der Waals surface area contributed by atoms with E-state index in [0.717, 1.165) is 22.8 Å². The van der Waals surface area contributed by atoms with Gasteiger partial charge in [0.1, 0.15) is 18.8 Å². The van der Waals surface area contributed by atoms with Crippen molar-refractivity contribution < 1.29 is 28.8 Å². The lowest BCUT2D eigenvalue weighted by Crippen LogP contribution is -2.37. The first kappa shape index (κ1) is 27.3. The quantitative estimate of drug-likeness (QED) is 0.285. The van der Waals surface area contributed by atoms with Gasteiger partial charge in [0.15, 0.2) is 0 Å². The van der Waals surface area contributed by atoms with Crippen LogP contribution in [0.25, 0.3) is 0 Å². The van der Waals surface area contributed by atoms with Crippen LogP contribution in [0.1, 0.15) is 58.1 Å². The summed E-state index contributed by atoms with van der Waals surface area (Å²) in [6.07, 6.45) is 1.61. The Morgan fingerprint density at radius 3 is 1.85 bits per heavy atom. The number of nitrogens with zero attached hydrogens (tertiary/aromatic N) is 2. The van der Waals surface area contributed by atoms with Crippen molar-refractivity contribution in [2.45, 2.75) is 65.8 Å². The van der Waals surface area contributed by atoms with Crippen LogP contribution >= 0.6 is 0 Å². The second kappa shape index (κ2) is 14.3. The summed E-state index contributed by atoms with van der Waals surface area (Å²) in [6.45, 7) is 8.04. The molecule has 0 saturated heterocycles. The highest BCUT2D eigenvalue weighted by Gasteiger charge is 2.23. The fraction of sp³-hybridized carbons (Fsp3) is 0.462. The predicted molar refractivity (Wildman–Crippen MR) is 128 cm³/mol. The molecular weight excluding hydrogens is 436 g/mol. The van der Waals surface area contributed by atoms with Crippen LogP contribution in [-0.2, 0) is 37.3 Å². The van der Waals surface area contributed by atoms with Crippen molar-refractivity contribution in [2.75, 3.05) is 13.2 Å². The van der Waals surface area contributed by atoms with E-state index in [9.17, 15) is 9.59 Å². The first-order valence-corrected chi connectivity index (χ1v) is 11.5. The molecule has 2 amide bonds. The Labute approximate surface area is 202 Å². The number of rotatable bonds is 13. The number of benzene rings is 2. The summed E-state index contributed by atoms with van der Waals surface area (Å²) in [7, 11) is 0. The van der Waals surface area contributed by atoms with Gasteiger partial charge in [-0.25, -0.2) is 14.5 Å². The average molecular weight is 473 g/mol. The van der Waals surface area contributed by atoms with E-state index in [1.807, 2.05) is 81.4 Å². The molecule has 2 rings (SSSR count). The topological polar surface area (TPSA) is 77.5 Å². The SMILES string of the molecule is CC(=O)N(OCCCCCN(OCc1ccccc1)C(=O)OC(C)(C)C)OCc1ccccc1. The van der Waals surface area contributed by atoms with E-state index in [0.29, 0.717) is 26.0 Å². The molecule has 0 aliphatic rings. The molecule has 0 fully saturated rings. The van der Waals surface area contributed by atoms with Gasteiger partial charge in [0.25, 0.3) is 5.91 Å². The first-order chi connectivity index (χ1) is 16.2. The third-order valence-corrected chi connectivity index (χ3v) is 4.49. The van der Waals surface area contributed by atoms with Crippen molar-refractivity contribution >= 4 is 12.0 Å². The molecule has 2 aromatic rings. The fourth-order valence-electron chi connectivity index (χ4n) is 2.86. The smallest absolute Gasteiger partial charge is 0.434 e. The van der Waals surface area contributed by atoms with E-state index in [1.165, 1.54) is 12.0 Å². The zero-order valence-corrected chi connectivity index (χ0v) is 20.6. The molecule has 0 aromatic heterocycles. The summed E-state index contributed by atoms with van der Waals surface area (Å²) in [4.78, 5) is 41.0. The lowest BCUT2D eigenvalue weighted by atomic mass is 10.2. The molecule has 34 heavy (non-hydrogen) atoms. The van der Waals surface area contributed by atoms with Crippen LogP contribution in [0.4, 0.5) is 4.79 Å². The third-order valence-electron chi connectivity index (χ3n) is 4.49. The number of carbonyl (C=O) groups excluding carboxylic acids is 2. The molecule has 0 N–H and O–H groups in total. The van der Waals surface area contributed by atoms with Crippen LogP contribution in [0.2, 0.25) is 0 Å². The number of hydrogen-bond acceptors (Lipinski definition) is 6. The Balaban J connectivity index is 1.73. The highest BCUT2D eigenvalue weighted by atomic mass is 17.0. The Morgan fingerprint density at radius 1 is 0.765 bits per heavy atom. The van der Waals surface area contributed by atoms with E-state index in [4.69, 9.17) is 19.2 Å². The summed E-state index contributed by atoms with van der Waals surface area (Å²) >= 11 is 0. The fourth-order valence-corrected chi connectivity index (χ4v) is 2.86. The molecule has 0 heterocycles. The number of hydrogen-bond donors (Lipinski definition) is 0. The summed E-state index contributed by atoms with van der Waals surface area (Å²) in [6, 6.07) is 19.2. The van der Waals surface area contributed by atoms with E-state index in [-0.39, 0.29) is 19.1 Å². The van der Waals surface area contributed by atoms with Gasteiger partial charge >= 0.3 is 6.09 Å². The van der Waals surface area contributed by atoms with Crippen LogP contribution in [0, 0.1) is 0 Å². The molecular formula is C26H36N2O6. The Kier molecular flexibility index (Phi) is 11.5. The molecule has 8 heteroatoms. The van der Waals surface area contributed by atoms with Crippen LogP contribution in [0.3, 0.4) is 0 Å². The zero-order chi connectivity index (χ0) is 24.8. The Hall–Kier alpha value is -2.94. The second-order valence-corrected chi connectivity index (χ2v) is 8.77. The highest BCUT2D eigenvalue weighted by Crippen LogP contribution is 2.13. The van der Waals surface area contributed by atoms with Crippen LogP contribution < -0.4 is 0 Å². The minimum Gasteiger partial charge on any atom is -0.442 e. The molecule has 0 bridgehead atoms. The van der Waals surface area contributed by atoms with Crippen LogP contribution in [0.15, 0.2) is 60.7 Å². The molecule has 8 nitrogen and oxygen atoms in total. The minimum absolute atomic E-state index is 0.240. The maximum absolute atomic E-state index is 12.5. The molecule has 0 aliphatic heterocycles. The van der Waals surface area contributed by atoms with Gasteiger partial charge in [-0.05, 0) is 51.2 Å². The summed E-state index contributed by atoms with van der Waals surface area (Å²) in [5.41, 5.74) is 1.29. The molecule has 0 radical (unpaired) electrons. The Bertz CT molecular complexity index is 855. The lowest BCUT2D eigenvalue weighted by Gasteiger charge is -2.26. The monoisotopic (exact) mass is 472 g/mol. The van der Waals surface area contributed by atoms with Gasteiger partial charge in [-0.3, -0.25) is 9.63 Å². The zero-order valence-electron chi connectivity index (χ0n) is 20.6. The lowest BCUT2D eigenvalue weighted by molar-refractivity contribution is -0.346. The molecule has 0 aliphatic carbocycles. The normalized spacial score (nSPS) is 11.2. The maximum atomic E-state index is 12.5. The van der Waals surface area contributed by atoms with Crippen molar-refractivity contribution in [1.29, 1.82) is 0 Å². The summed E-state index contributed by atoms with van der Waals surface area (Å²) in [5, 5.41) is 2.19. The van der Waals surface area contributed by atoms with Crippen molar-refractivity contribution in [3.05, 3.63) is 71.8 Å². The average Bonchev–Trinajstić information content (AvgIpc) is 2.79. The van der Waals surface area contributed by atoms with Gasteiger partial charge in [0.05, 0.1) is 13.2 Å². The van der Waals surface area contributed by atoms with Gasteiger partial charge < -0.3 is 4.74 Å². The molecule has 186 valence electrons. The molecule has 0 spiro atoms. The number of amides is 2. The van der Waals surface area contributed by atoms with Gasteiger partial charge in [0.2, 0.25) is 0 Å². The van der Waals surface area contributed by atoms with Gasteiger partial charge in [-0.2, -0.15) is 5.06 Å². The molecule has 0 atom stereocenters. The van der Waals surface area contributed by atoms with Crippen LogP contribution in [-0.4, -0.2) is 41.0 Å². The standard InChI is InChI=1S/C26H36N2O6/c1-22(29)28(33-21-24-16-10-6-11-17-24)31-19-13-7-12-18-27(25(30)34-26(2,3)4)32-20-23-14-8-5-9-15-23/h5-6,8-11,14-17H,7,12-13,18-21H2,1-4H3. The second-order valence-electron chi connectivity index (χ2n) is 8.77. The van der Waals surface area contributed by atoms with E-state index >= 15 is 0 Å². The largest absolute Gasteiger partial charge is 0.442 e. The number of hydroxylamine groups is 4. The molecule has 2 aromatic carbocycles. The molecule has 0 saturated carbocycles. The van der Waals surface area contributed by atoms with Crippen molar-refractivity contribution in [1.82, 2.24) is 10.3 Å². The Morgan fingerprint density at radius 2 is 1.32 bits per heavy atom. The highest BCUT2D eigenvalue weighted by molar-refractivity contribution is 5.70. The minimum atomic E-state index is -0.616. The van der Waals surface area contributed by atoms with Gasteiger partial charge in [0, 0.05) is 6.92 Å². The van der Waals surface area contributed by atoms with E-state index in [1.54, 1.807) is 0 Å². The van der Waals surface area contributed by atoms with E-state index < -0.39 is 11.7 Å². The van der Waals surface area contributed by atoms with Crippen LogP contribution in [0.5, 0.6) is 0 Å². The third kappa shape index (κ3) is 11.3. The summed E-state index contributed by atoms with van der Waals surface area (Å²) < 4.78 is 5.46. The van der Waals surface area contributed by atoms with Crippen molar-refractivity contribution in [3.8, 4) is 0 Å². The predicted octanol–water partition coefficient (Wildman–Crippen LogP) is 5.44. The number of carbonyl (C=O) groups is 2. The van der Waals surface area contributed by atoms with Crippen molar-refractivity contribution in [2.24, 2.45) is 0 Å². The molecule has 0 unspecified atom stereocenters. The van der Waals surface area contributed by atoms with Gasteiger partial charge in [-0.1, -0.05) is 65.9 Å². The first-order valence-electron chi connectivity index (χ1n) is 11.5. The number of ether oxygens (including phenoxy) is 1.